The van der Waals surface area contributed by atoms with E-state index in [-0.39, 0.29) is 0 Å². The quantitative estimate of drug-likeness (QED) is 0.570. The number of nitrogens with one attached hydrogen (secondary N) is 1. The summed E-state index contributed by atoms with van der Waals surface area (Å²) in [6.07, 6.45) is 2.72. The number of hydrogen-bond acceptors (Lipinski definition) is 5. The number of hydrogen-bond donors (Lipinski definition) is 1. The zero-order valence-electron chi connectivity index (χ0n) is 17.6. The SMILES string of the molecule is CN=C(NCCc1ccccn1)N1CCN(Cc2cc(OC)ccc2OC)CC1. The van der Waals surface area contributed by atoms with Gasteiger partial charge in [-0.1, -0.05) is 6.07 Å². The minimum Gasteiger partial charge on any atom is -0.497 e. The maximum Gasteiger partial charge on any atom is 0.193 e. The molecule has 0 aliphatic carbocycles. The monoisotopic (exact) mass is 397 g/mol. The van der Waals surface area contributed by atoms with Crippen molar-refractivity contribution in [3.05, 3.63) is 53.9 Å². The van der Waals surface area contributed by atoms with Crippen molar-refractivity contribution in [3.8, 4) is 11.5 Å². The molecular weight excluding hydrogens is 366 g/mol. The van der Waals surface area contributed by atoms with Crippen LogP contribution in [-0.2, 0) is 13.0 Å². The summed E-state index contributed by atoms with van der Waals surface area (Å²) < 4.78 is 10.9. The first-order valence-corrected chi connectivity index (χ1v) is 10.0. The highest BCUT2D eigenvalue weighted by Crippen LogP contribution is 2.25. The zero-order chi connectivity index (χ0) is 20.5. The van der Waals surface area contributed by atoms with E-state index in [1.807, 2.05) is 37.5 Å². The second-order valence-corrected chi connectivity index (χ2v) is 6.99. The van der Waals surface area contributed by atoms with E-state index in [1.54, 1.807) is 14.2 Å². The van der Waals surface area contributed by atoms with E-state index < -0.39 is 0 Å². The molecule has 7 heteroatoms. The standard InChI is InChI=1S/C22H31N5O2/c1-23-22(25-11-9-19-6-4-5-10-24-19)27-14-12-26(13-15-27)17-18-16-20(28-2)7-8-21(18)29-3/h4-8,10,16H,9,11-15,17H2,1-3H3,(H,23,25). The Hall–Kier alpha value is -2.80. The van der Waals surface area contributed by atoms with Gasteiger partial charge in [0, 0.05) is 70.2 Å². The van der Waals surface area contributed by atoms with Crippen LogP contribution in [0, 0.1) is 0 Å². The molecule has 1 N–H and O–H groups in total. The van der Waals surface area contributed by atoms with Gasteiger partial charge in [0.05, 0.1) is 14.2 Å². The van der Waals surface area contributed by atoms with E-state index in [1.165, 1.54) is 0 Å². The van der Waals surface area contributed by atoms with Crippen LogP contribution >= 0.6 is 0 Å². The van der Waals surface area contributed by atoms with Crippen molar-refractivity contribution in [1.29, 1.82) is 0 Å². The molecule has 3 rings (SSSR count). The van der Waals surface area contributed by atoms with Crippen LogP contribution in [0.2, 0.25) is 0 Å². The Kier molecular flexibility index (Phi) is 7.69. The molecule has 0 saturated carbocycles. The fourth-order valence-corrected chi connectivity index (χ4v) is 3.54. The van der Waals surface area contributed by atoms with Crippen LogP contribution in [0.1, 0.15) is 11.3 Å². The molecule has 1 fully saturated rings. The minimum absolute atomic E-state index is 0.824. The highest BCUT2D eigenvalue weighted by molar-refractivity contribution is 5.80. The van der Waals surface area contributed by atoms with Crippen LogP contribution in [0.15, 0.2) is 47.6 Å². The summed E-state index contributed by atoms with van der Waals surface area (Å²) in [7, 11) is 5.25. The maximum absolute atomic E-state index is 5.52. The van der Waals surface area contributed by atoms with Crippen molar-refractivity contribution in [3.63, 3.8) is 0 Å². The molecule has 0 bridgehead atoms. The van der Waals surface area contributed by atoms with Gasteiger partial charge in [0.2, 0.25) is 0 Å². The number of nitrogens with zero attached hydrogens (tertiary/aromatic N) is 4. The molecule has 1 aromatic carbocycles. The number of aliphatic imine (C=N–C) groups is 1. The molecule has 156 valence electrons. The van der Waals surface area contributed by atoms with Crippen molar-refractivity contribution >= 4 is 5.96 Å². The molecule has 1 aliphatic rings. The molecule has 29 heavy (non-hydrogen) atoms. The number of piperazine rings is 1. The first-order valence-electron chi connectivity index (χ1n) is 10.0. The average molecular weight is 398 g/mol. The highest BCUT2D eigenvalue weighted by atomic mass is 16.5. The summed E-state index contributed by atoms with van der Waals surface area (Å²) in [6, 6.07) is 12.0. The lowest BCUT2D eigenvalue weighted by molar-refractivity contribution is 0.171. The van der Waals surface area contributed by atoms with Gasteiger partial charge in [-0.15, -0.1) is 0 Å². The number of aromatic nitrogens is 1. The van der Waals surface area contributed by atoms with Gasteiger partial charge in [-0.25, -0.2) is 0 Å². The Labute approximate surface area is 173 Å². The van der Waals surface area contributed by atoms with Crippen LogP contribution in [0.3, 0.4) is 0 Å². The van der Waals surface area contributed by atoms with Crippen LogP contribution in [0.25, 0.3) is 0 Å². The van der Waals surface area contributed by atoms with Gasteiger partial charge in [-0.2, -0.15) is 0 Å². The van der Waals surface area contributed by atoms with E-state index in [4.69, 9.17) is 9.47 Å². The van der Waals surface area contributed by atoms with Crippen molar-refractivity contribution in [2.45, 2.75) is 13.0 Å². The van der Waals surface area contributed by atoms with E-state index in [2.05, 4.69) is 37.2 Å². The fraction of sp³-hybridized carbons (Fsp3) is 0.455. The zero-order valence-corrected chi connectivity index (χ0v) is 17.6. The van der Waals surface area contributed by atoms with Gasteiger partial charge in [-0.3, -0.25) is 14.9 Å². The normalized spacial score (nSPS) is 15.3. The third-order valence-electron chi connectivity index (χ3n) is 5.16. The fourth-order valence-electron chi connectivity index (χ4n) is 3.54. The minimum atomic E-state index is 0.824. The van der Waals surface area contributed by atoms with Gasteiger partial charge >= 0.3 is 0 Å². The topological polar surface area (TPSA) is 62.2 Å². The molecule has 0 atom stereocenters. The Balaban J connectivity index is 1.49. The molecule has 2 aromatic rings. The number of pyridine rings is 1. The smallest absolute Gasteiger partial charge is 0.193 e. The summed E-state index contributed by atoms with van der Waals surface area (Å²) in [4.78, 5) is 13.6. The summed E-state index contributed by atoms with van der Waals surface area (Å²) in [6.45, 7) is 5.50. The molecular formula is C22H31N5O2. The molecule has 0 radical (unpaired) electrons. The number of guanidine groups is 1. The van der Waals surface area contributed by atoms with Gasteiger partial charge in [0.1, 0.15) is 11.5 Å². The Bertz CT molecular complexity index is 789. The molecule has 0 unspecified atom stereocenters. The predicted octanol–water partition coefficient (Wildman–Crippen LogP) is 2.03. The van der Waals surface area contributed by atoms with E-state index in [9.17, 15) is 0 Å². The highest BCUT2D eigenvalue weighted by Gasteiger charge is 2.20. The second kappa shape index (κ2) is 10.7. The summed E-state index contributed by atoms with van der Waals surface area (Å²) >= 11 is 0. The molecule has 0 amide bonds. The van der Waals surface area contributed by atoms with Gasteiger partial charge in [0.15, 0.2) is 5.96 Å². The third kappa shape index (κ3) is 5.84. The first-order chi connectivity index (χ1) is 14.2. The van der Waals surface area contributed by atoms with Crippen molar-refractivity contribution in [1.82, 2.24) is 20.1 Å². The summed E-state index contributed by atoms with van der Waals surface area (Å²) in [5.74, 6) is 2.72. The van der Waals surface area contributed by atoms with Crippen molar-refractivity contribution < 1.29 is 9.47 Å². The lowest BCUT2D eigenvalue weighted by Crippen LogP contribution is -2.52. The molecule has 1 saturated heterocycles. The molecule has 0 spiro atoms. The van der Waals surface area contributed by atoms with Crippen LogP contribution < -0.4 is 14.8 Å². The molecule has 2 heterocycles. The predicted molar refractivity (Wildman–Crippen MR) is 116 cm³/mol. The maximum atomic E-state index is 5.52. The number of ether oxygens (including phenoxy) is 2. The van der Waals surface area contributed by atoms with E-state index in [0.717, 1.165) is 74.4 Å². The van der Waals surface area contributed by atoms with Gasteiger partial charge < -0.3 is 19.7 Å². The van der Waals surface area contributed by atoms with Crippen molar-refractivity contribution in [2.75, 3.05) is 54.0 Å². The first kappa shape index (κ1) is 20.9. The Morgan fingerprint density at radius 3 is 2.59 bits per heavy atom. The van der Waals surface area contributed by atoms with Crippen molar-refractivity contribution in [2.24, 2.45) is 4.99 Å². The average Bonchev–Trinajstić information content (AvgIpc) is 2.78. The van der Waals surface area contributed by atoms with Gasteiger partial charge in [0.25, 0.3) is 0 Å². The largest absolute Gasteiger partial charge is 0.497 e. The number of methoxy groups -OCH3 is 2. The lowest BCUT2D eigenvalue weighted by atomic mass is 10.1. The summed E-state index contributed by atoms with van der Waals surface area (Å²) in [5.41, 5.74) is 2.24. The lowest BCUT2D eigenvalue weighted by Gasteiger charge is -2.36. The molecule has 7 nitrogen and oxygen atoms in total. The third-order valence-corrected chi connectivity index (χ3v) is 5.16. The number of rotatable bonds is 7. The van der Waals surface area contributed by atoms with Crippen LogP contribution in [0.4, 0.5) is 0 Å². The summed E-state index contributed by atoms with van der Waals surface area (Å²) in [5, 5.41) is 3.47. The molecule has 1 aromatic heterocycles. The van der Waals surface area contributed by atoms with Crippen LogP contribution in [-0.4, -0.2) is 74.7 Å². The Morgan fingerprint density at radius 1 is 1.10 bits per heavy atom. The van der Waals surface area contributed by atoms with Crippen LogP contribution in [0.5, 0.6) is 11.5 Å². The van der Waals surface area contributed by atoms with Gasteiger partial charge in [-0.05, 0) is 30.3 Å². The van der Waals surface area contributed by atoms with E-state index >= 15 is 0 Å². The van der Waals surface area contributed by atoms with E-state index in [0.29, 0.717) is 0 Å². The molecule has 1 aliphatic heterocycles. The second-order valence-electron chi connectivity index (χ2n) is 6.99. The number of benzene rings is 1. The Morgan fingerprint density at radius 2 is 1.93 bits per heavy atom.